The van der Waals surface area contributed by atoms with Crippen LogP contribution in [-0.4, -0.2) is 31.6 Å². The molecule has 0 aliphatic rings. The van der Waals surface area contributed by atoms with Gasteiger partial charge in [0, 0.05) is 14.1 Å². The Labute approximate surface area is 162 Å². The molecule has 1 amide bonds. The second-order valence-corrected chi connectivity index (χ2v) is 6.78. The number of carbonyl (C=O) groups is 1. The van der Waals surface area contributed by atoms with Gasteiger partial charge in [-0.2, -0.15) is 10.5 Å². The van der Waals surface area contributed by atoms with E-state index in [1.807, 2.05) is 6.07 Å². The standard InChI is InChI=1S/C19H19N5O2S/c1-4-26-15-13(10-20)18(24(2)3)23-19(14(15)11-21)27-16(17(22)25)12-8-6-5-7-9-12/h5-9,16H,4H2,1-3H3,(H2,22,25). The Balaban J connectivity index is 2.66. The fourth-order valence-electron chi connectivity index (χ4n) is 2.46. The number of pyridine rings is 1. The van der Waals surface area contributed by atoms with Gasteiger partial charge in [-0.15, -0.1) is 0 Å². The third kappa shape index (κ3) is 4.30. The van der Waals surface area contributed by atoms with Gasteiger partial charge in [-0.1, -0.05) is 42.1 Å². The number of nitriles is 2. The molecule has 0 aliphatic heterocycles. The number of rotatable bonds is 7. The molecule has 1 atom stereocenters. The molecule has 0 spiro atoms. The van der Waals surface area contributed by atoms with Crippen LogP contribution in [0.4, 0.5) is 5.82 Å². The Morgan fingerprint density at radius 2 is 1.89 bits per heavy atom. The molecule has 27 heavy (non-hydrogen) atoms. The van der Waals surface area contributed by atoms with Gasteiger partial charge >= 0.3 is 0 Å². The molecule has 7 nitrogen and oxygen atoms in total. The minimum atomic E-state index is -0.733. The molecule has 0 bridgehead atoms. The molecular formula is C19H19N5O2S. The van der Waals surface area contributed by atoms with Crippen LogP contribution in [0.5, 0.6) is 5.75 Å². The van der Waals surface area contributed by atoms with E-state index < -0.39 is 11.2 Å². The Bertz CT molecular complexity index is 916. The lowest BCUT2D eigenvalue weighted by Crippen LogP contribution is -2.20. The lowest BCUT2D eigenvalue weighted by molar-refractivity contribution is -0.117. The molecule has 8 heteroatoms. The van der Waals surface area contributed by atoms with Gasteiger partial charge in [0.25, 0.3) is 0 Å². The van der Waals surface area contributed by atoms with Crippen LogP contribution in [0.2, 0.25) is 0 Å². The van der Waals surface area contributed by atoms with Crippen molar-refractivity contribution in [2.45, 2.75) is 17.2 Å². The van der Waals surface area contributed by atoms with E-state index in [2.05, 4.69) is 17.1 Å². The molecule has 1 unspecified atom stereocenters. The van der Waals surface area contributed by atoms with Gasteiger partial charge in [0.1, 0.15) is 33.5 Å². The van der Waals surface area contributed by atoms with Crippen molar-refractivity contribution in [3.05, 3.63) is 47.0 Å². The van der Waals surface area contributed by atoms with Crippen molar-refractivity contribution in [2.24, 2.45) is 5.73 Å². The molecule has 1 aromatic heterocycles. The van der Waals surface area contributed by atoms with Crippen molar-refractivity contribution in [3.8, 4) is 17.9 Å². The number of nitrogens with zero attached hydrogens (tertiary/aromatic N) is 4. The molecule has 2 rings (SSSR count). The monoisotopic (exact) mass is 381 g/mol. The van der Waals surface area contributed by atoms with Crippen LogP contribution >= 0.6 is 11.8 Å². The Hall–Kier alpha value is -3.23. The molecule has 0 fully saturated rings. The van der Waals surface area contributed by atoms with Crippen LogP contribution in [0.25, 0.3) is 0 Å². The van der Waals surface area contributed by atoms with Crippen LogP contribution in [0.3, 0.4) is 0 Å². The summed E-state index contributed by atoms with van der Waals surface area (Å²) in [7, 11) is 3.48. The number of aromatic nitrogens is 1. The SMILES string of the molecule is CCOc1c(C#N)c(SC(C(N)=O)c2ccccc2)nc(N(C)C)c1C#N. The van der Waals surface area contributed by atoms with Gasteiger partial charge < -0.3 is 15.4 Å². The first-order chi connectivity index (χ1) is 12.9. The maximum Gasteiger partial charge on any atom is 0.235 e. The van der Waals surface area contributed by atoms with Gasteiger partial charge in [0.05, 0.1) is 6.61 Å². The van der Waals surface area contributed by atoms with E-state index in [0.29, 0.717) is 11.4 Å². The van der Waals surface area contributed by atoms with E-state index in [0.717, 1.165) is 11.8 Å². The first kappa shape index (κ1) is 20.1. The van der Waals surface area contributed by atoms with Crippen LogP contribution in [-0.2, 0) is 4.79 Å². The maximum atomic E-state index is 12.1. The van der Waals surface area contributed by atoms with E-state index in [1.54, 1.807) is 50.2 Å². The first-order valence-corrected chi connectivity index (χ1v) is 9.01. The summed E-state index contributed by atoms with van der Waals surface area (Å²) >= 11 is 1.07. The number of anilines is 1. The number of ether oxygens (including phenoxy) is 1. The maximum absolute atomic E-state index is 12.1. The molecule has 2 N–H and O–H groups in total. The first-order valence-electron chi connectivity index (χ1n) is 8.13. The number of nitrogens with two attached hydrogens (primary N) is 1. The number of thioether (sulfide) groups is 1. The predicted octanol–water partition coefficient (Wildman–Crippen LogP) is 2.61. The Kier molecular flexibility index (Phi) is 6.64. The van der Waals surface area contributed by atoms with Crippen molar-refractivity contribution in [1.82, 2.24) is 4.98 Å². The van der Waals surface area contributed by atoms with Gasteiger partial charge in [0.15, 0.2) is 11.6 Å². The molecule has 0 aliphatic carbocycles. The van der Waals surface area contributed by atoms with E-state index in [1.165, 1.54) is 0 Å². The quantitative estimate of drug-likeness (QED) is 0.733. The number of hydrogen-bond acceptors (Lipinski definition) is 7. The van der Waals surface area contributed by atoms with Crippen LogP contribution in [0.15, 0.2) is 35.4 Å². The zero-order valence-electron chi connectivity index (χ0n) is 15.3. The van der Waals surface area contributed by atoms with Crippen LogP contribution < -0.4 is 15.4 Å². The van der Waals surface area contributed by atoms with Crippen molar-refractivity contribution >= 4 is 23.5 Å². The van der Waals surface area contributed by atoms with E-state index in [4.69, 9.17) is 10.5 Å². The Morgan fingerprint density at radius 1 is 1.26 bits per heavy atom. The molecule has 1 heterocycles. The van der Waals surface area contributed by atoms with Crippen molar-refractivity contribution in [1.29, 1.82) is 10.5 Å². The number of amides is 1. The van der Waals surface area contributed by atoms with Gasteiger partial charge in [-0.25, -0.2) is 4.98 Å². The summed E-state index contributed by atoms with van der Waals surface area (Å²) in [5.41, 5.74) is 6.59. The predicted molar refractivity (Wildman–Crippen MR) is 103 cm³/mol. The minimum Gasteiger partial charge on any atom is -0.491 e. The third-order valence-corrected chi connectivity index (χ3v) is 4.88. The molecule has 0 saturated carbocycles. The number of carbonyl (C=O) groups excluding carboxylic acids is 1. The summed E-state index contributed by atoms with van der Waals surface area (Å²) in [6.45, 7) is 2.04. The second-order valence-electron chi connectivity index (χ2n) is 5.68. The van der Waals surface area contributed by atoms with E-state index >= 15 is 0 Å². The fourth-order valence-corrected chi connectivity index (χ4v) is 3.49. The summed E-state index contributed by atoms with van der Waals surface area (Å²) < 4.78 is 5.59. The topological polar surface area (TPSA) is 116 Å². The Morgan fingerprint density at radius 3 is 2.37 bits per heavy atom. The number of benzene rings is 1. The van der Waals surface area contributed by atoms with Crippen LogP contribution in [0.1, 0.15) is 28.9 Å². The molecule has 0 saturated heterocycles. The molecule has 138 valence electrons. The smallest absolute Gasteiger partial charge is 0.235 e. The molecule has 1 aromatic carbocycles. The highest BCUT2D eigenvalue weighted by molar-refractivity contribution is 8.00. The zero-order chi connectivity index (χ0) is 20.0. The molecule has 0 radical (unpaired) electrons. The zero-order valence-corrected chi connectivity index (χ0v) is 16.1. The summed E-state index contributed by atoms with van der Waals surface area (Å²) in [6.07, 6.45) is 0. The van der Waals surface area contributed by atoms with Crippen molar-refractivity contribution in [2.75, 3.05) is 25.6 Å². The van der Waals surface area contributed by atoms with Crippen molar-refractivity contribution < 1.29 is 9.53 Å². The lowest BCUT2D eigenvalue weighted by atomic mass is 10.1. The fraction of sp³-hybridized carbons (Fsp3) is 0.263. The average Bonchev–Trinajstić information content (AvgIpc) is 2.66. The van der Waals surface area contributed by atoms with Gasteiger partial charge in [-0.05, 0) is 12.5 Å². The highest BCUT2D eigenvalue weighted by atomic mass is 32.2. The number of hydrogen-bond donors (Lipinski definition) is 1. The van der Waals surface area contributed by atoms with Gasteiger partial charge in [-0.3, -0.25) is 4.79 Å². The normalized spacial score (nSPS) is 11.1. The number of primary amides is 1. The summed E-state index contributed by atoms with van der Waals surface area (Å²) in [5.74, 6) is -0.0238. The average molecular weight is 381 g/mol. The van der Waals surface area contributed by atoms with Gasteiger partial charge in [0.2, 0.25) is 5.91 Å². The highest BCUT2D eigenvalue weighted by Crippen LogP contribution is 2.41. The summed E-state index contributed by atoms with van der Waals surface area (Å²) in [4.78, 5) is 18.2. The molecular weight excluding hydrogens is 362 g/mol. The van der Waals surface area contributed by atoms with E-state index in [9.17, 15) is 15.3 Å². The minimum absolute atomic E-state index is 0.117. The van der Waals surface area contributed by atoms with E-state index in [-0.39, 0.29) is 28.5 Å². The highest BCUT2D eigenvalue weighted by Gasteiger charge is 2.27. The third-order valence-electron chi connectivity index (χ3n) is 3.63. The lowest BCUT2D eigenvalue weighted by Gasteiger charge is -2.20. The molecule has 2 aromatic rings. The second kappa shape index (κ2) is 8.93. The summed E-state index contributed by atoms with van der Waals surface area (Å²) in [6, 6.07) is 13.1. The summed E-state index contributed by atoms with van der Waals surface area (Å²) in [5, 5.41) is 18.8. The largest absolute Gasteiger partial charge is 0.491 e. The van der Waals surface area contributed by atoms with Crippen molar-refractivity contribution in [3.63, 3.8) is 0 Å². The van der Waals surface area contributed by atoms with Crippen LogP contribution in [0, 0.1) is 22.7 Å².